The van der Waals surface area contributed by atoms with Crippen LogP contribution in [-0.2, 0) is 11.2 Å². The van der Waals surface area contributed by atoms with Gasteiger partial charge in [0, 0.05) is 18.3 Å². The Balaban J connectivity index is 1.86. The topological polar surface area (TPSA) is 110 Å². The van der Waals surface area contributed by atoms with E-state index in [0.29, 0.717) is 23.1 Å². The Morgan fingerprint density at radius 2 is 2.08 bits per heavy atom. The Morgan fingerprint density at radius 1 is 1.27 bits per heavy atom. The minimum absolute atomic E-state index is 0.0413. The largest absolute Gasteiger partial charge is 0.454 e. The highest BCUT2D eigenvalue weighted by atomic mass is 16.7. The van der Waals surface area contributed by atoms with Crippen LogP contribution >= 0.6 is 0 Å². The van der Waals surface area contributed by atoms with Gasteiger partial charge in [-0.3, -0.25) is 9.48 Å². The van der Waals surface area contributed by atoms with Gasteiger partial charge in [-0.05, 0) is 32.0 Å². The molecule has 1 aliphatic rings. The monoisotopic (exact) mass is 354 g/mol. The fourth-order valence-electron chi connectivity index (χ4n) is 2.85. The second-order valence-corrected chi connectivity index (χ2v) is 6.20. The number of primary amides is 1. The number of ether oxygens (including phenoxy) is 2. The molecule has 0 fully saturated rings. The van der Waals surface area contributed by atoms with Gasteiger partial charge < -0.3 is 15.2 Å². The molecular weight excluding hydrogens is 336 g/mol. The Labute approximate surface area is 149 Å². The number of nitrogens with two attached hydrogens (primary N) is 1. The van der Waals surface area contributed by atoms with Gasteiger partial charge in [0.2, 0.25) is 12.7 Å². The lowest BCUT2D eigenvalue weighted by molar-refractivity contribution is -0.117. The number of hydrogen-bond acceptors (Lipinski definition) is 6. The number of aromatic nitrogens is 5. The van der Waals surface area contributed by atoms with Crippen molar-refractivity contribution in [3.05, 3.63) is 36.3 Å². The molecule has 134 valence electrons. The van der Waals surface area contributed by atoms with Crippen LogP contribution in [0.2, 0.25) is 0 Å². The molecule has 0 saturated carbocycles. The van der Waals surface area contributed by atoms with Gasteiger partial charge >= 0.3 is 0 Å². The quantitative estimate of drug-likeness (QED) is 0.743. The second kappa shape index (κ2) is 6.17. The molecule has 0 radical (unpaired) electrons. The van der Waals surface area contributed by atoms with E-state index in [2.05, 4.69) is 15.2 Å². The third-order valence-corrected chi connectivity index (χ3v) is 3.97. The maximum Gasteiger partial charge on any atom is 0.231 e. The predicted molar refractivity (Wildman–Crippen MR) is 92.0 cm³/mol. The van der Waals surface area contributed by atoms with Gasteiger partial charge in [-0.2, -0.15) is 10.2 Å². The second-order valence-electron chi connectivity index (χ2n) is 6.20. The van der Waals surface area contributed by atoms with E-state index in [9.17, 15) is 4.79 Å². The van der Waals surface area contributed by atoms with Crippen molar-refractivity contribution in [3.8, 4) is 28.7 Å². The molecule has 0 unspecified atom stereocenters. The summed E-state index contributed by atoms with van der Waals surface area (Å²) < 4.78 is 14.3. The summed E-state index contributed by atoms with van der Waals surface area (Å²) in [7, 11) is 0. The molecule has 2 N–H and O–H groups in total. The van der Waals surface area contributed by atoms with Crippen LogP contribution in [0.3, 0.4) is 0 Å². The van der Waals surface area contributed by atoms with Crippen molar-refractivity contribution in [1.29, 1.82) is 0 Å². The van der Waals surface area contributed by atoms with Crippen molar-refractivity contribution in [2.45, 2.75) is 26.3 Å². The van der Waals surface area contributed by atoms with Crippen molar-refractivity contribution in [3.63, 3.8) is 0 Å². The van der Waals surface area contributed by atoms with Crippen LogP contribution in [0.5, 0.6) is 11.5 Å². The summed E-state index contributed by atoms with van der Waals surface area (Å²) in [6, 6.07) is 7.50. The molecule has 0 saturated heterocycles. The average molecular weight is 354 g/mol. The van der Waals surface area contributed by atoms with Crippen molar-refractivity contribution < 1.29 is 14.3 Å². The van der Waals surface area contributed by atoms with E-state index >= 15 is 0 Å². The fourth-order valence-corrected chi connectivity index (χ4v) is 2.85. The Hall–Kier alpha value is -3.36. The third-order valence-electron chi connectivity index (χ3n) is 3.97. The molecule has 1 amide bonds. The van der Waals surface area contributed by atoms with Crippen LogP contribution in [0.15, 0.2) is 30.5 Å². The van der Waals surface area contributed by atoms with Crippen LogP contribution in [0.4, 0.5) is 0 Å². The normalized spacial score (nSPS) is 12.7. The van der Waals surface area contributed by atoms with Crippen LogP contribution in [-0.4, -0.2) is 37.2 Å². The van der Waals surface area contributed by atoms with E-state index in [0.717, 1.165) is 11.4 Å². The predicted octanol–water partition coefficient (Wildman–Crippen LogP) is 1.47. The van der Waals surface area contributed by atoms with E-state index in [4.69, 9.17) is 15.2 Å². The summed E-state index contributed by atoms with van der Waals surface area (Å²) in [5, 5.41) is 8.82. The maximum atomic E-state index is 11.3. The number of amides is 1. The molecule has 1 aromatic carbocycles. The zero-order valence-corrected chi connectivity index (χ0v) is 14.4. The number of carbonyl (C=O) groups is 1. The standard InChI is InChI=1S/C17H18N6O3/c1-10(2)22-12(5-6-19-22)17-20-16(8-15(18)24)21-23(17)11-3-4-13-14(7-11)26-9-25-13/h3-7,10H,8-9H2,1-2H3,(H2,18,24). The fraction of sp³-hybridized carbons (Fsp3) is 0.294. The maximum absolute atomic E-state index is 11.3. The minimum atomic E-state index is -0.489. The van der Waals surface area contributed by atoms with Gasteiger partial charge in [-0.15, -0.1) is 0 Å². The highest BCUT2D eigenvalue weighted by Crippen LogP contribution is 2.34. The summed E-state index contributed by atoms with van der Waals surface area (Å²) in [5.74, 6) is 1.75. The minimum Gasteiger partial charge on any atom is -0.454 e. The zero-order valence-electron chi connectivity index (χ0n) is 14.4. The lowest BCUT2D eigenvalue weighted by atomic mass is 10.2. The van der Waals surface area contributed by atoms with E-state index in [-0.39, 0.29) is 19.3 Å². The van der Waals surface area contributed by atoms with Gasteiger partial charge in [-0.1, -0.05) is 0 Å². The third kappa shape index (κ3) is 2.77. The summed E-state index contributed by atoms with van der Waals surface area (Å²) in [6.45, 7) is 4.25. The Bertz CT molecular complexity index is 975. The summed E-state index contributed by atoms with van der Waals surface area (Å²) >= 11 is 0. The van der Waals surface area contributed by atoms with Gasteiger partial charge in [0.05, 0.1) is 12.1 Å². The highest BCUT2D eigenvalue weighted by molar-refractivity contribution is 5.75. The first-order chi connectivity index (χ1) is 12.5. The summed E-state index contributed by atoms with van der Waals surface area (Å²) in [6.07, 6.45) is 1.67. The molecule has 4 rings (SSSR count). The first-order valence-electron chi connectivity index (χ1n) is 8.21. The molecule has 3 heterocycles. The smallest absolute Gasteiger partial charge is 0.231 e. The molecule has 9 heteroatoms. The number of rotatable bonds is 5. The van der Waals surface area contributed by atoms with Crippen molar-refractivity contribution in [2.75, 3.05) is 6.79 Å². The SMILES string of the molecule is CC(C)n1nccc1-c1nc(CC(N)=O)nn1-c1ccc2c(c1)OCO2. The van der Waals surface area contributed by atoms with Crippen LogP contribution < -0.4 is 15.2 Å². The highest BCUT2D eigenvalue weighted by Gasteiger charge is 2.21. The van der Waals surface area contributed by atoms with Crippen molar-refractivity contribution in [1.82, 2.24) is 24.5 Å². The number of benzene rings is 1. The molecule has 0 spiro atoms. The van der Waals surface area contributed by atoms with Gasteiger partial charge in [0.1, 0.15) is 5.69 Å². The summed E-state index contributed by atoms with van der Waals surface area (Å²) in [5.41, 5.74) is 6.84. The zero-order chi connectivity index (χ0) is 18.3. The van der Waals surface area contributed by atoms with Gasteiger partial charge in [-0.25, -0.2) is 9.67 Å². The van der Waals surface area contributed by atoms with Crippen LogP contribution in [0.1, 0.15) is 25.7 Å². The van der Waals surface area contributed by atoms with Gasteiger partial charge in [0.25, 0.3) is 0 Å². The Morgan fingerprint density at radius 3 is 2.85 bits per heavy atom. The van der Waals surface area contributed by atoms with Crippen LogP contribution in [0, 0.1) is 0 Å². The average Bonchev–Trinajstić information content (AvgIpc) is 3.31. The first-order valence-corrected chi connectivity index (χ1v) is 8.21. The van der Waals surface area contributed by atoms with Gasteiger partial charge in [0.15, 0.2) is 23.1 Å². The molecule has 9 nitrogen and oxygen atoms in total. The van der Waals surface area contributed by atoms with E-state index in [1.54, 1.807) is 10.9 Å². The van der Waals surface area contributed by atoms with Crippen molar-refractivity contribution in [2.24, 2.45) is 5.73 Å². The number of carbonyl (C=O) groups excluding carboxylic acids is 1. The molecule has 1 aliphatic heterocycles. The lowest BCUT2D eigenvalue weighted by Crippen LogP contribution is -2.14. The Kier molecular flexibility index (Phi) is 3.83. The number of hydrogen-bond donors (Lipinski definition) is 1. The molecule has 0 atom stereocenters. The van der Waals surface area contributed by atoms with Crippen LogP contribution in [0.25, 0.3) is 17.2 Å². The molecule has 2 aromatic heterocycles. The van der Waals surface area contributed by atoms with E-state index < -0.39 is 5.91 Å². The molecule has 26 heavy (non-hydrogen) atoms. The number of fused-ring (bicyclic) bond motifs is 1. The molecular formula is C17H18N6O3. The summed E-state index contributed by atoms with van der Waals surface area (Å²) in [4.78, 5) is 15.8. The number of nitrogens with zero attached hydrogens (tertiary/aromatic N) is 5. The molecule has 0 bridgehead atoms. The lowest BCUT2D eigenvalue weighted by Gasteiger charge is -2.11. The van der Waals surface area contributed by atoms with E-state index in [1.165, 1.54) is 0 Å². The van der Waals surface area contributed by atoms with Crippen molar-refractivity contribution >= 4 is 5.91 Å². The van der Waals surface area contributed by atoms with E-state index in [1.807, 2.05) is 42.8 Å². The first kappa shape index (κ1) is 16.1. The molecule has 0 aliphatic carbocycles. The molecule has 3 aromatic rings.